The van der Waals surface area contributed by atoms with E-state index in [0.717, 1.165) is 25.2 Å². The first-order valence-corrected chi connectivity index (χ1v) is 7.18. The highest BCUT2D eigenvalue weighted by Gasteiger charge is 2.26. The van der Waals surface area contributed by atoms with Gasteiger partial charge in [0.25, 0.3) is 0 Å². The Kier molecular flexibility index (Phi) is 4.29. The summed E-state index contributed by atoms with van der Waals surface area (Å²) in [5.74, 6) is 2.03. The molecule has 0 aromatic carbocycles. The molecule has 4 heteroatoms. The molecule has 90 valence electrons. The molecule has 2 atom stereocenters. The lowest BCUT2D eigenvalue weighted by Crippen LogP contribution is -2.22. The number of aromatic nitrogens is 2. The van der Waals surface area contributed by atoms with Gasteiger partial charge >= 0.3 is 0 Å². The fourth-order valence-electron chi connectivity index (χ4n) is 2.20. The van der Waals surface area contributed by atoms with Gasteiger partial charge in [-0.2, -0.15) is 11.8 Å². The van der Waals surface area contributed by atoms with E-state index >= 15 is 0 Å². The maximum absolute atomic E-state index is 10.3. The van der Waals surface area contributed by atoms with Gasteiger partial charge in [0.15, 0.2) is 0 Å². The van der Waals surface area contributed by atoms with E-state index in [2.05, 4.69) is 16.5 Å². The highest BCUT2D eigenvalue weighted by Crippen LogP contribution is 2.34. The zero-order chi connectivity index (χ0) is 11.4. The van der Waals surface area contributed by atoms with Crippen LogP contribution in [0.5, 0.6) is 0 Å². The average Bonchev–Trinajstić information content (AvgIpc) is 2.78. The van der Waals surface area contributed by atoms with Crippen LogP contribution in [0.25, 0.3) is 0 Å². The van der Waals surface area contributed by atoms with Crippen LogP contribution in [0, 0.1) is 0 Å². The molecule has 1 aliphatic heterocycles. The topological polar surface area (TPSA) is 38.0 Å². The van der Waals surface area contributed by atoms with Crippen molar-refractivity contribution in [1.29, 1.82) is 0 Å². The highest BCUT2D eigenvalue weighted by molar-refractivity contribution is 7.99. The third-order valence-electron chi connectivity index (χ3n) is 3.04. The SMILES string of the molecule is CCCn1ccnc1C(O)C1CCCCS1. The molecule has 1 saturated heterocycles. The van der Waals surface area contributed by atoms with Crippen molar-refractivity contribution in [2.24, 2.45) is 0 Å². The number of aliphatic hydroxyl groups is 1. The molecule has 0 spiro atoms. The van der Waals surface area contributed by atoms with Gasteiger partial charge in [0.2, 0.25) is 0 Å². The summed E-state index contributed by atoms with van der Waals surface area (Å²) < 4.78 is 2.08. The largest absolute Gasteiger partial charge is 0.384 e. The van der Waals surface area contributed by atoms with E-state index in [-0.39, 0.29) is 0 Å². The first-order valence-electron chi connectivity index (χ1n) is 6.13. The van der Waals surface area contributed by atoms with Crippen LogP contribution in [0.4, 0.5) is 0 Å². The third-order valence-corrected chi connectivity index (χ3v) is 4.49. The summed E-state index contributed by atoms with van der Waals surface area (Å²) in [6, 6.07) is 0. The Morgan fingerprint density at radius 1 is 1.62 bits per heavy atom. The van der Waals surface area contributed by atoms with Crippen molar-refractivity contribution in [2.75, 3.05) is 5.75 Å². The Bertz CT molecular complexity index is 321. The number of hydrogen-bond acceptors (Lipinski definition) is 3. The third kappa shape index (κ3) is 2.61. The lowest BCUT2D eigenvalue weighted by Gasteiger charge is -2.26. The zero-order valence-corrected chi connectivity index (χ0v) is 10.6. The first kappa shape index (κ1) is 12.0. The van der Waals surface area contributed by atoms with Crippen molar-refractivity contribution in [2.45, 2.75) is 50.5 Å². The van der Waals surface area contributed by atoms with Gasteiger partial charge in [0.1, 0.15) is 11.9 Å². The molecule has 1 aromatic heterocycles. The molecule has 1 fully saturated rings. The number of rotatable bonds is 4. The van der Waals surface area contributed by atoms with E-state index in [1.165, 1.54) is 18.6 Å². The predicted octanol–water partition coefficient (Wildman–Crippen LogP) is 2.61. The van der Waals surface area contributed by atoms with Crippen LogP contribution in [-0.2, 0) is 6.54 Å². The second kappa shape index (κ2) is 5.73. The molecule has 0 bridgehead atoms. The second-order valence-electron chi connectivity index (χ2n) is 4.33. The minimum Gasteiger partial charge on any atom is -0.384 e. The van der Waals surface area contributed by atoms with Crippen molar-refractivity contribution in [3.63, 3.8) is 0 Å². The molecule has 0 amide bonds. The molecule has 1 aromatic rings. The fraction of sp³-hybridized carbons (Fsp3) is 0.750. The number of nitrogens with zero attached hydrogens (tertiary/aromatic N) is 2. The maximum atomic E-state index is 10.3. The maximum Gasteiger partial charge on any atom is 0.138 e. The Morgan fingerprint density at radius 2 is 2.50 bits per heavy atom. The summed E-state index contributed by atoms with van der Waals surface area (Å²) in [6.45, 7) is 3.09. The minimum absolute atomic E-state index is 0.340. The van der Waals surface area contributed by atoms with Crippen LogP contribution in [0.1, 0.15) is 44.5 Å². The van der Waals surface area contributed by atoms with Gasteiger partial charge in [-0.25, -0.2) is 4.98 Å². The normalized spacial score (nSPS) is 23.2. The van der Waals surface area contributed by atoms with Crippen LogP contribution in [0.15, 0.2) is 12.4 Å². The number of hydrogen-bond donors (Lipinski definition) is 1. The molecule has 2 heterocycles. The number of imidazole rings is 1. The fourth-order valence-corrected chi connectivity index (χ4v) is 3.51. The molecule has 2 rings (SSSR count). The summed E-state index contributed by atoms with van der Waals surface area (Å²) >= 11 is 1.89. The summed E-state index contributed by atoms with van der Waals surface area (Å²) in [6.07, 6.45) is 8.09. The predicted molar refractivity (Wildman–Crippen MR) is 67.6 cm³/mol. The van der Waals surface area contributed by atoms with Gasteiger partial charge in [-0.15, -0.1) is 0 Å². The first-order chi connectivity index (χ1) is 7.83. The van der Waals surface area contributed by atoms with Crippen molar-refractivity contribution in [1.82, 2.24) is 9.55 Å². The molecule has 3 nitrogen and oxygen atoms in total. The molecule has 16 heavy (non-hydrogen) atoms. The zero-order valence-electron chi connectivity index (χ0n) is 9.80. The lowest BCUT2D eigenvalue weighted by atomic mass is 10.1. The van der Waals surface area contributed by atoms with E-state index in [1.807, 2.05) is 18.0 Å². The summed E-state index contributed by atoms with van der Waals surface area (Å²) in [4.78, 5) is 4.31. The van der Waals surface area contributed by atoms with Crippen molar-refractivity contribution in [3.05, 3.63) is 18.2 Å². The van der Waals surface area contributed by atoms with E-state index in [9.17, 15) is 5.11 Å². The Morgan fingerprint density at radius 3 is 3.19 bits per heavy atom. The van der Waals surface area contributed by atoms with Crippen LogP contribution in [0.3, 0.4) is 0 Å². The summed E-state index contributed by atoms with van der Waals surface area (Å²) in [7, 11) is 0. The summed E-state index contributed by atoms with van der Waals surface area (Å²) in [5, 5.41) is 10.7. The van der Waals surface area contributed by atoms with Crippen LogP contribution >= 0.6 is 11.8 Å². The smallest absolute Gasteiger partial charge is 0.138 e. The quantitative estimate of drug-likeness (QED) is 0.879. The van der Waals surface area contributed by atoms with Gasteiger partial charge in [-0.1, -0.05) is 13.3 Å². The number of thioether (sulfide) groups is 1. The van der Waals surface area contributed by atoms with Crippen molar-refractivity contribution < 1.29 is 5.11 Å². The molecule has 0 aliphatic carbocycles. The molecular weight excluding hydrogens is 220 g/mol. The Labute approximate surface area is 101 Å². The minimum atomic E-state index is -0.396. The standard InChI is InChI=1S/C12H20N2OS/c1-2-7-14-8-6-13-12(14)11(15)10-5-3-4-9-16-10/h6,8,10-11,15H,2-5,7,9H2,1H3. The van der Waals surface area contributed by atoms with E-state index < -0.39 is 6.10 Å². The van der Waals surface area contributed by atoms with Crippen LogP contribution < -0.4 is 0 Å². The van der Waals surface area contributed by atoms with Crippen LogP contribution in [0.2, 0.25) is 0 Å². The second-order valence-corrected chi connectivity index (χ2v) is 5.68. The Balaban J connectivity index is 2.06. The monoisotopic (exact) mass is 240 g/mol. The Hall–Kier alpha value is -0.480. The van der Waals surface area contributed by atoms with E-state index in [1.54, 1.807) is 6.20 Å². The van der Waals surface area contributed by atoms with E-state index in [0.29, 0.717) is 5.25 Å². The van der Waals surface area contributed by atoms with Gasteiger partial charge in [-0.05, 0) is 25.0 Å². The van der Waals surface area contributed by atoms with Crippen LogP contribution in [-0.4, -0.2) is 25.7 Å². The van der Waals surface area contributed by atoms with E-state index in [4.69, 9.17) is 0 Å². The van der Waals surface area contributed by atoms with Crippen molar-refractivity contribution in [3.8, 4) is 0 Å². The molecule has 0 radical (unpaired) electrons. The molecule has 1 N–H and O–H groups in total. The molecule has 1 aliphatic rings. The summed E-state index contributed by atoms with van der Waals surface area (Å²) in [5.41, 5.74) is 0. The van der Waals surface area contributed by atoms with Gasteiger partial charge in [0, 0.05) is 24.2 Å². The molecule has 0 saturated carbocycles. The highest BCUT2D eigenvalue weighted by atomic mass is 32.2. The van der Waals surface area contributed by atoms with Crippen molar-refractivity contribution >= 4 is 11.8 Å². The van der Waals surface area contributed by atoms with Gasteiger partial charge in [0.05, 0.1) is 0 Å². The average molecular weight is 240 g/mol. The number of aliphatic hydroxyl groups excluding tert-OH is 1. The van der Waals surface area contributed by atoms with Gasteiger partial charge < -0.3 is 9.67 Å². The molecule has 2 unspecified atom stereocenters. The lowest BCUT2D eigenvalue weighted by molar-refractivity contribution is 0.154. The van der Waals surface area contributed by atoms with Gasteiger partial charge in [-0.3, -0.25) is 0 Å². The molecular formula is C12H20N2OS. The number of aryl methyl sites for hydroxylation is 1.